The van der Waals surface area contributed by atoms with Gasteiger partial charge in [-0.15, -0.1) is 5.10 Å². The lowest BCUT2D eigenvalue weighted by Gasteiger charge is -2.38. The zero-order chi connectivity index (χ0) is 22.1. The molecule has 4 N–H and O–H groups in total. The van der Waals surface area contributed by atoms with E-state index < -0.39 is 55.1 Å². The summed E-state index contributed by atoms with van der Waals surface area (Å²) in [6.45, 7) is -0.835. The summed E-state index contributed by atoms with van der Waals surface area (Å²) in [4.78, 5) is 0. The Balaban J connectivity index is 1.89. The van der Waals surface area contributed by atoms with E-state index in [1.807, 2.05) is 5.10 Å². The average molecular weight is 436 g/mol. The van der Waals surface area contributed by atoms with Crippen molar-refractivity contribution in [3.05, 3.63) is 41.1 Å². The first-order valence-electron chi connectivity index (χ1n) is 8.86. The Kier molecular flexibility index (Phi) is 6.50. The number of hydrogen-bond acceptors (Lipinski definition) is 7. The second-order valence-electron chi connectivity index (χ2n) is 6.67. The van der Waals surface area contributed by atoms with Crippen molar-refractivity contribution < 1.29 is 47.1 Å². The van der Waals surface area contributed by atoms with Gasteiger partial charge in [-0.3, -0.25) is 5.10 Å². The van der Waals surface area contributed by atoms with Crippen LogP contribution in [0.4, 0.5) is 17.6 Å². The summed E-state index contributed by atoms with van der Waals surface area (Å²) in [5.41, 5.74) is -1.06. The van der Waals surface area contributed by atoms with Crippen molar-refractivity contribution in [2.24, 2.45) is 0 Å². The predicted octanol–water partition coefficient (Wildman–Crippen LogP) is 1.18. The molecule has 1 aromatic carbocycles. The normalized spacial score (nSPS) is 27.1. The van der Waals surface area contributed by atoms with Crippen LogP contribution in [0.3, 0.4) is 0 Å². The highest BCUT2D eigenvalue weighted by molar-refractivity contribution is 5.39. The van der Waals surface area contributed by atoms with E-state index in [9.17, 15) is 27.8 Å². The highest BCUT2D eigenvalue weighted by Crippen LogP contribution is 2.37. The molecule has 2 heterocycles. The van der Waals surface area contributed by atoms with Gasteiger partial charge in [0.05, 0.1) is 19.3 Å². The van der Waals surface area contributed by atoms with E-state index >= 15 is 0 Å². The maximum Gasteiger partial charge on any atom is 0.433 e. The van der Waals surface area contributed by atoms with Gasteiger partial charge in [-0.1, -0.05) is 12.1 Å². The van der Waals surface area contributed by atoms with Crippen LogP contribution >= 0.6 is 0 Å². The third-order valence-electron chi connectivity index (χ3n) is 4.68. The summed E-state index contributed by atoms with van der Waals surface area (Å²) in [5, 5.41) is 34.3. The minimum absolute atomic E-state index is 0.245. The third-order valence-corrected chi connectivity index (χ3v) is 4.68. The fourth-order valence-electron chi connectivity index (χ4n) is 3.04. The Morgan fingerprint density at radius 2 is 1.83 bits per heavy atom. The Labute approximate surface area is 168 Å². The molecule has 2 aromatic rings. The monoisotopic (exact) mass is 436 g/mol. The molecular weight excluding hydrogens is 416 g/mol. The number of alkyl halides is 4. The van der Waals surface area contributed by atoms with Crippen LogP contribution in [0.25, 0.3) is 0 Å². The van der Waals surface area contributed by atoms with Crippen LogP contribution in [0.15, 0.2) is 24.3 Å². The molecule has 1 fully saturated rings. The van der Waals surface area contributed by atoms with Gasteiger partial charge < -0.3 is 29.5 Å². The van der Waals surface area contributed by atoms with Gasteiger partial charge in [-0.2, -0.15) is 13.2 Å². The molecule has 8 nitrogen and oxygen atoms in total. The van der Waals surface area contributed by atoms with Crippen molar-refractivity contribution in [3.63, 3.8) is 0 Å². The van der Waals surface area contributed by atoms with E-state index in [1.54, 1.807) is 24.3 Å². The summed E-state index contributed by atoms with van der Waals surface area (Å²) in [7, 11) is 1.45. The molecule has 166 valence electrons. The molecule has 5 atom stereocenters. The lowest BCUT2D eigenvalue weighted by atomic mass is 10.0. The zero-order valence-corrected chi connectivity index (χ0v) is 15.6. The topological polar surface area (TPSA) is 117 Å². The van der Waals surface area contributed by atoms with Gasteiger partial charge in [0.15, 0.2) is 6.17 Å². The second-order valence-corrected chi connectivity index (χ2v) is 6.67. The molecule has 1 aliphatic heterocycles. The van der Waals surface area contributed by atoms with Crippen LogP contribution in [-0.4, -0.2) is 70.0 Å². The molecule has 1 aliphatic rings. The van der Waals surface area contributed by atoms with Crippen molar-refractivity contribution in [2.75, 3.05) is 13.7 Å². The van der Waals surface area contributed by atoms with Gasteiger partial charge >= 0.3 is 6.18 Å². The number of aliphatic hydroxyl groups excluding tert-OH is 3. The maximum atomic E-state index is 13.9. The molecule has 0 amide bonds. The van der Waals surface area contributed by atoms with Gasteiger partial charge in [0, 0.05) is 6.42 Å². The Morgan fingerprint density at radius 1 is 1.17 bits per heavy atom. The minimum Gasteiger partial charge on any atom is -0.497 e. The SMILES string of the molecule is COc1ccc(Cc2c(O[C@@H]3O[C@H](CO)[C@@H](F)[C@H](O)[C@H]3O)n[nH]c2C(F)(F)F)cc1. The van der Waals surface area contributed by atoms with Crippen molar-refractivity contribution in [1.29, 1.82) is 0 Å². The highest BCUT2D eigenvalue weighted by Gasteiger charge is 2.47. The number of benzene rings is 1. The van der Waals surface area contributed by atoms with E-state index in [1.165, 1.54) is 7.11 Å². The molecule has 0 unspecified atom stereocenters. The molecule has 1 aromatic heterocycles. The standard InChI is InChI=1S/C18H20F4N2O6/c1-28-9-4-2-8(3-5-9)6-10-15(18(20,21)22)23-24-16(10)30-17-14(27)13(26)12(19)11(7-25)29-17/h2-5,11-14,17,25-27H,6-7H2,1H3,(H,23,24)/t11-,12-,13+,14-,17+/m1/s1. The van der Waals surface area contributed by atoms with E-state index in [0.29, 0.717) is 11.3 Å². The molecule has 0 aliphatic carbocycles. The average Bonchev–Trinajstić information content (AvgIpc) is 3.11. The molecule has 0 bridgehead atoms. The van der Waals surface area contributed by atoms with Crippen LogP contribution < -0.4 is 9.47 Å². The minimum atomic E-state index is -4.78. The number of halogens is 4. The first kappa shape index (κ1) is 22.3. The summed E-state index contributed by atoms with van der Waals surface area (Å²) in [5.74, 6) is -0.0228. The Hall–Kier alpha value is -2.41. The molecule has 3 rings (SSSR count). The molecule has 1 saturated heterocycles. The summed E-state index contributed by atoms with van der Waals surface area (Å²) in [6.07, 6.45) is -14.3. The number of hydrogen-bond donors (Lipinski definition) is 4. The zero-order valence-electron chi connectivity index (χ0n) is 15.6. The lowest BCUT2D eigenvalue weighted by Crippen LogP contribution is -2.58. The van der Waals surface area contributed by atoms with Gasteiger partial charge in [-0.05, 0) is 17.7 Å². The Morgan fingerprint density at radius 3 is 2.40 bits per heavy atom. The van der Waals surface area contributed by atoms with Crippen molar-refractivity contribution in [1.82, 2.24) is 10.2 Å². The number of rotatable bonds is 6. The van der Waals surface area contributed by atoms with E-state index in [0.717, 1.165) is 0 Å². The van der Waals surface area contributed by atoms with E-state index in [2.05, 4.69) is 5.10 Å². The largest absolute Gasteiger partial charge is 0.497 e. The second kappa shape index (κ2) is 8.76. The summed E-state index contributed by atoms with van der Waals surface area (Å²) < 4.78 is 69.5. The summed E-state index contributed by atoms with van der Waals surface area (Å²) >= 11 is 0. The number of nitrogens with zero attached hydrogens (tertiary/aromatic N) is 1. The van der Waals surface area contributed by atoms with Crippen molar-refractivity contribution in [3.8, 4) is 11.6 Å². The molecule has 0 saturated carbocycles. The van der Waals surface area contributed by atoms with Gasteiger partial charge in [-0.25, -0.2) is 4.39 Å². The number of H-pyrrole nitrogens is 1. The molecular formula is C18H20F4N2O6. The van der Waals surface area contributed by atoms with E-state index in [-0.39, 0.29) is 12.0 Å². The van der Waals surface area contributed by atoms with Gasteiger partial charge in [0.2, 0.25) is 12.2 Å². The highest BCUT2D eigenvalue weighted by atomic mass is 19.4. The lowest BCUT2D eigenvalue weighted by molar-refractivity contribution is -0.265. The molecule has 12 heteroatoms. The van der Waals surface area contributed by atoms with Crippen LogP contribution in [0.5, 0.6) is 11.6 Å². The van der Waals surface area contributed by atoms with Crippen LogP contribution in [-0.2, 0) is 17.3 Å². The van der Waals surface area contributed by atoms with Crippen LogP contribution in [0, 0.1) is 0 Å². The number of methoxy groups -OCH3 is 1. The Bertz CT molecular complexity index is 842. The first-order chi connectivity index (χ1) is 14.2. The number of aliphatic hydroxyl groups is 3. The maximum absolute atomic E-state index is 13.9. The smallest absolute Gasteiger partial charge is 0.433 e. The first-order valence-corrected chi connectivity index (χ1v) is 8.86. The van der Waals surface area contributed by atoms with Crippen molar-refractivity contribution >= 4 is 0 Å². The summed E-state index contributed by atoms with van der Waals surface area (Å²) in [6, 6.07) is 6.25. The van der Waals surface area contributed by atoms with E-state index in [4.69, 9.17) is 19.3 Å². The number of ether oxygens (including phenoxy) is 3. The van der Waals surface area contributed by atoms with Crippen molar-refractivity contribution in [2.45, 2.75) is 43.4 Å². The molecule has 0 spiro atoms. The quantitative estimate of drug-likeness (QED) is 0.503. The van der Waals surface area contributed by atoms with Crippen LogP contribution in [0.1, 0.15) is 16.8 Å². The predicted molar refractivity (Wildman–Crippen MR) is 92.7 cm³/mol. The van der Waals surface area contributed by atoms with Crippen LogP contribution in [0.2, 0.25) is 0 Å². The number of aromatic nitrogens is 2. The third kappa shape index (κ3) is 4.51. The number of aromatic amines is 1. The van der Waals surface area contributed by atoms with Gasteiger partial charge in [0.25, 0.3) is 0 Å². The molecule has 0 radical (unpaired) electrons. The fourth-order valence-corrected chi connectivity index (χ4v) is 3.04. The fraction of sp³-hybridized carbons (Fsp3) is 0.500. The molecule has 30 heavy (non-hydrogen) atoms. The number of nitrogens with one attached hydrogen (secondary N) is 1. The van der Waals surface area contributed by atoms with Gasteiger partial charge in [0.1, 0.15) is 29.8 Å².